The molecule has 1 atom stereocenters. The maximum absolute atomic E-state index is 2.33. The molecule has 0 radical (unpaired) electrons. The fraction of sp³-hybridized carbons (Fsp3) is 0.500. The maximum atomic E-state index is 2.33. The molecule has 1 aromatic rings. The first-order valence-electron chi connectivity index (χ1n) is 4.83. The summed E-state index contributed by atoms with van der Waals surface area (Å²) in [5.41, 5.74) is 2.86. The zero-order chi connectivity index (χ0) is 9.84. The van der Waals surface area contributed by atoms with E-state index in [1.54, 1.807) is 0 Å². The van der Waals surface area contributed by atoms with Crippen molar-refractivity contribution in [1.82, 2.24) is 0 Å². The molecule has 0 aliphatic carbocycles. The van der Waals surface area contributed by atoms with E-state index in [9.17, 15) is 0 Å². The van der Waals surface area contributed by atoms with Crippen molar-refractivity contribution in [1.29, 1.82) is 0 Å². The van der Waals surface area contributed by atoms with E-state index in [0.29, 0.717) is 5.92 Å². The minimum Gasteiger partial charge on any atom is -0.129 e. The van der Waals surface area contributed by atoms with Gasteiger partial charge in [0, 0.05) is 4.90 Å². The van der Waals surface area contributed by atoms with Gasteiger partial charge in [-0.25, -0.2) is 0 Å². The molecule has 1 aromatic carbocycles. The van der Waals surface area contributed by atoms with Crippen LogP contribution in [0.5, 0.6) is 0 Å². The van der Waals surface area contributed by atoms with Crippen LogP contribution in [0, 0.1) is 6.92 Å². The first-order valence-corrected chi connectivity index (χ1v) is 6.06. The summed E-state index contributed by atoms with van der Waals surface area (Å²) >= 11 is 1.84. The molecule has 0 aliphatic rings. The topological polar surface area (TPSA) is 0 Å². The molecule has 0 saturated heterocycles. The Labute approximate surface area is 85.7 Å². The predicted molar refractivity (Wildman–Crippen MR) is 61.7 cm³/mol. The third-order valence-electron chi connectivity index (χ3n) is 2.61. The van der Waals surface area contributed by atoms with Crippen molar-refractivity contribution in [3.63, 3.8) is 0 Å². The molecule has 0 nitrogen and oxygen atoms in total. The van der Waals surface area contributed by atoms with Crippen molar-refractivity contribution in [2.75, 3.05) is 6.26 Å². The minimum absolute atomic E-state index is 0.687. The molecule has 0 heterocycles. The lowest BCUT2D eigenvalue weighted by Gasteiger charge is -2.11. The first-order chi connectivity index (χ1) is 6.19. The smallest absolute Gasteiger partial charge is 0.0101 e. The molecule has 0 saturated carbocycles. The summed E-state index contributed by atoms with van der Waals surface area (Å²) in [7, 11) is 0. The Kier molecular flexibility index (Phi) is 3.86. The standard InChI is InChI=1S/C12H18S/c1-5-9(2)11-7-6-10(3)12(8-11)13-4/h6-9H,5H2,1-4H3. The van der Waals surface area contributed by atoms with Crippen molar-refractivity contribution >= 4 is 11.8 Å². The van der Waals surface area contributed by atoms with Crippen LogP contribution in [0.2, 0.25) is 0 Å². The molecule has 0 N–H and O–H groups in total. The first kappa shape index (κ1) is 10.6. The van der Waals surface area contributed by atoms with Gasteiger partial charge in [-0.05, 0) is 42.7 Å². The van der Waals surface area contributed by atoms with Gasteiger partial charge in [0.15, 0.2) is 0 Å². The fourth-order valence-corrected chi connectivity index (χ4v) is 2.02. The van der Waals surface area contributed by atoms with Gasteiger partial charge in [-0.2, -0.15) is 0 Å². The number of rotatable bonds is 3. The summed E-state index contributed by atoms with van der Waals surface area (Å²) in [5.74, 6) is 0.687. The van der Waals surface area contributed by atoms with Crippen LogP contribution in [0.15, 0.2) is 23.1 Å². The third-order valence-corrected chi connectivity index (χ3v) is 3.49. The average molecular weight is 194 g/mol. The Morgan fingerprint density at radius 1 is 1.38 bits per heavy atom. The molecule has 0 spiro atoms. The van der Waals surface area contributed by atoms with Gasteiger partial charge in [0.1, 0.15) is 0 Å². The predicted octanol–water partition coefficient (Wildman–Crippen LogP) is 4.23. The fourth-order valence-electron chi connectivity index (χ4n) is 1.38. The third kappa shape index (κ3) is 2.50. The molecule has 1 unspecified atom stereocenters. The largest absolute Gasteiger partial charge is 0.129 e. The van der Waals surface area contributed by atoms with Crippen LogP contribution in [0.4, 0.5) is 0 Å². The molecule has 0 aliphatic heterocycles. The number of hydrogen-bond acceptors (Lipinski definition) is 1. The van der Waals surface area contributed by atoms with Gasteiger partial charge in [-0.15, -0.1) is 11.8 Å². The van der Waals surface area contributed by atoms with Gasteiger partial charge in [0.2, 0.25) is 0 Å². The highest BCUT2D eigenvalue weighted by molar-refractivity contribution is 7.98. The van der Waals surface area contributed by atoms with Crippen LogP contribution in [0.1, 0.15) is 37.3 Å². The summed E-state index contributed by atoms with van der Waals surface area (Å²) in [6.07, 6.45) is 3.36. The second kappa shape index (κ2) is 4.71. The van der Waals surface area contributed by atoms with Gasteiger partial charge >= 0.3 is 0 Å². The van der Waals surface area contributed by atoms with Gasteiger partial charge < -0.3 is 0 Å². The molecule has 0 amide bonds. The van der Waals surface area contributed by atoms with Gasteiger partial charge in [-0.1, -0.05) is 26.0 Å². The number of aryl methyl sites for hydroxylation is 1. The molecule has 0 aromatic heterocycles. The van der Waals surface area contributed by atoms with E-state index in [4.69, 9.17) is 0 Å². The highest BCUT2D eigenvalue weighted by Crippen LogP contribution is 2.26. The monoisotopic (exact) mass is 194 g/mol. The quantitative estimate of drug-likeness (QED) is 0.649. The Balaban J connectivity index is 2.99. The summed E-state index contributed by atoms with van der Waals surface area (Å²) < 4.78 is 0. The van der Waals surface area contributed by atoms with Gasteiger partial charge in [0.25, 0.3) is 0 Å². The number of benzene rings is 1. The molecule has 1 rings (SSSR count). The van der Waals surface area contributed by atoms with Crippen LogP contribution in [0.25, 0.3) is 0 Å². The van der Waals surface area contributed by atoms with Crippen LogP contribution in [0.3, 0.4) is 0 Å². The van der Waals surface area contributed by atoms with Crippen molar-refractivity contribution in [2.45, 2.75) is 38.0 Å². The van der Waals surface area contributed by atoms with E-state index >= 15 is 0 Å². The second-order valence-corrected chi connectivity index (χ2v) is 4.39. The van der Waals surface area contributed by atoms with Crippen LogP contribution in [-0.2, 0) is 0 Å². The van der Waals surface area contributed by atoms with E-state index in [1.807, 2.05) is 11.8 Å². The highest BCUT2D eigenvalue weighted by atomic mass is 32.2. The Morgan fingerprint density at radius 2 is 2.08 bits per heavy atom. The Hall–Kier alpha value is -0.430. The van der Waals surface area contributed by atoms with E-state index in [2.05, 4.69) is 45.2 Å². The van der Waals surface area contributed by atoms with Crippen LogP contribution < -0.4 is 0 Å². The van der Waals surface area contributed by atoms with Crippen molar-refractivity contribution in [2.24, 2.45) is 0 Å². The highest BCUT2D eigenvalue weighted by Gasteiger charge is 2.04. The van der Waals surface area contributed by atoms with Gasteiger partial charge in [0.05, 0.1) is 0 Å². The zero-order valence-corrected chi connectivity index (χ0v) is 9.74. The van der Waals surface area contributed by atoms with Crippen LogP contribution in [-0.4, -0.2) is 6.26 Å². The van der Waals surface area contributed by atoms with Crippen molar-refractivity contribution < 1.29 is 0 Å². The summed E-state index contributed by atoms with van der Waals surface area (Å²) in [6.45, 7) is 6.70. The van der Waals surface area contributed by atoms with E-state index < -0.39 is 0 Å². The minimum atomic E-state index is 0.687. The van der Waals surface area contributed by atoms with Gasteiger partial charge in [-0.3, -0.25) is 0 Å². The molecule has 0 bridgehead atoms. The Bertz CT molecular complexity index is 278. The lowest BCUT2D eigenvalue weighted by Crippen LogP contribution is -1.92. The molecule has 0 fully saturated rings. The van der Waals surface area contributed by atoms with Crippen molar-refractivity contribution in [3.05, 3.63) is 29.3 Å². The second-order valence-electron chi connectivity index (χ2n) is 3.54. The van der Waals surface area contributed by atoms with Crippen molar-refractivity contribution in [3.8, 4) is 0 Å². The SMILES string of the molecule is CCC(C)c1ccc(C)c(SC)c1. The Morgan fingerprint density at radius 3 is 2.62 bits per heavy atom. The average Bonchev–Trinajstić information content (AvgIpc) is 2.17. The number of hydrogen-bond donors (Lipinski definition) is 0. The zero-order valence-electron chi connectivity index (χ0n) is 8.92. The van der Waals surface area contributed by atoms with Crippen LogP contribution >= 0.6 is 11.8 Å². The number of thioether (sulfide) groups is 1. The lowest BCUT2D eigenvalue weighted by molar-refractivity contribution is 0.731. The molecule has 1 heteroatoms. The van der Waals surface area contributed by atoms with E-state index in [1.165, 1.54) is 22.4 Å². The molecular weight excluding hydrogens is 176 g/mol. The maximum Gasteiger partial charge on any atom is 0.0101 e. The molecular formula is C12H18S. The molecule has 13 heavy (non-hydrogen) atoms. The normalized spacial score (nSPS) is 12.9. The summed E-state index contributed by atoms with van der Waals surface area (Å²) in [4.78, 5) is 1.41. The molecule has 72 valence electrons. The van der Waals surface area contributed by atoms with E-state index in [-0.39, 0.29) is 0 Å². The summed E-state index contributed by atoms with van der Waals surface area (Å²) in [5, 5.41) is 0. The lowest BCUT2D eigenvalue weighted by atomic mass is 9.98. The van der Waals surface area contributed by atoms with E-state index in [0.717, 1.165) is 0 Å². The summed E-state index contributed by atoms with van der Waals surface area (Å²) in [6, 6.07) is 6.81.